The molecule has 34 heavy (non-hydrogen) atoms. The molecule has 8 nitrogen and oxygen atoms in total. The highest BCUT2D eigenvalue weighted by Gasteiger charge is 2.33. The number of alkyl halides is 3. The monoisotopic (exact) mass is 500 g/mol. The van der Waals surface area contributed by atoms with Crippen LogP contribution in [0.1, 0.15) is 31.0 Å². The van der Waals surface area contributed by atoms with Crippen molar-refractivity contribution >= 4 is 21.8 Å². The van der Waals surface area contributed by atoms with E-state index < -0.39 is 27.8 Å². The standard InChI is InChI=1S/C22H27F3N4O4S/c1-15(30)26-20(14-18-4-3-11-28(18)2)21(31)27-17-9-12-29(13-10-17)34(32,33)19-7-5-16(6-8-19)22(23,24)25/h3-8,11,17,20H,9-10,12-14H2,1-2H3,(H,26,30)(H,27,31). The molecule has 1 fully saturated rings. The van der Waals surface area contributed by atoms with Crippen molar-refractivity contribution in [2.45, 2.75) is 49.3 Å². The highest BCUT2D eigenvalue weighted by Crippen LogP contribution is 2.30. The maximum Gasteiger partial charge on any atom is 0.416 e. The number of carbonyl (C=O) groups is 2. The van der Waals surface area contributed by atoms with Gasteiger partial charge in [0.2, 0.25) is 21.8 Å². The van der Waals surface area contributed by atoms with E-state index in [4.69, 9.17) is 0 Å². The zero-order valence-electron chi connectivity index (χ0n) is 18.8. The molecule has 1 aromatic heterocycles. The number of carbonyl (C=O) groups excluding carboxylic acids is 2. The summed E-state index contributed by atoms with van der Waals surface area (Å²) < 4.78 is 67.0. The summed E-state index contributed by atoms with van der Waals surface area (Å²) in [5.41, 5.74) is -0.0525. The van der Waals surface area contributed by atoms with Crippen molar-refractivity contribution in [2.24, 2.45) is 7.05 Å². The number of halogens is 3. The number of benzene rings is 1. The second-order valence-electron chi connectivity index (χ2n) is 8.28. The average molecular weight is 501 g/mol. The minimum atomic E-state index is -4.55. The maximum absolute atomic E-state index is 12.8. The molecule has 3 rings (SSSR count). The topological polar surface area (TPSA) is 101 Å². The van der Waals surface area contributed by atoms with Crippen molar-refractivity contribution in [2.75, 3.05) is 13.1 Å². The molecule has 1 saturated heterocycles. The second kappa shape index (κ2) is 10.2. The van der Waals surface area contributed by atoms with Crippen LogP contribution in [0.15, 0.2) is 47.5 Å². The lowest BCUT2D eigenvalue weighted by Crippen LogP contribution is -2.53. The summed E-state index contributed by atoms with van der Waals surface area (Å²) in [6, 6.07) is 6.01. The van der Waals surface area contributed by atoms with Crippen molar-refractivity contribution in [1.82, 2.24) is 19.5 Å². The molecule has 2 aromatic rings. The van der Waals surface area contributed by atoms with Crippen LogP contribution in [-0.4, -0.2) is 54.3 Å². The summed E-state index contributed by atoms with van der Waals surface area (Å²) in [5, 5.41) is 5.54. The molecule has 1 aliphatic heterocycles. The lowest BCUT2D eigenvalue weighted by Gasteiger charge is -2.32. The Hall–Kier alpha value is -2.86. The lowest BCUT2D eigenvalue weighted by molar-refractivity contribution is -0.137. The third kappa shape index (κ3) is 6.17. The number of nitrogens with zero attached hydrogens (tertiary/aromatic N) is 2. The Morgan fingerprint density at radius 3 is 2.24 bits per heavy atom. The van der Waals surface area contributed by atoms with E-state index in [0.29, 0.717) is 19.3 Å². The third-order valence-corrected chi connectivity index (χ3v) is 7.69. The molecule has 0 aliphatic carbocycles. The number of aromatic nitrogens is 1. The normalized spacial score (nSPS) is 16.7. The van der Waals surface area contributed by atoms with Gasteiger partial charge in [-0.25, -0.2) is 8.42 Å². The molecule has 0 radical (unpaired) electrons. The van der Waals surface area contributed by atoms with Crippen LogP contribution in [-0.2, 0) is 39.3 Å². The number of hydrogen-bond acceptors (Lipinski definition) is 4. The quantitative estimate of drug-likeness (QED) is 0.608. The maximum atomic E-state index is 12.8. The van der Waals surface area contributed by atoms with Crippen LogP contribution in [0.3, 0.4) is 0 Å². The van der Waals surface area contributed by atoms with Gasteiger partial charge in [0.1, 0.15) is 6.04 Å². The number of rotatable bonds is 7. The number of sulfonamides is 1. The fraction of sp³-hybridized carbons (Fsp3) is 0.455. The predicted molar refractivity (Wildman–Crippen MR) is 118 cm³/mol. The van der Waals surface area contributed by atoms with Crippen molar-refractivity contribution < 1.29 is 31.2 Å². The Kier molecular flexibility index (Phi) is 7.71. The number of piperidine rings is 1. The van der Waals surface area contributed by atoms with E-state index in [1.54, 1.807) is 0 Å². The van der Waals surface area contributed by atoms with Gasteiger partial charge < -0.3 is 15.2 Å². The molecule has 2 amide bonds. The van der Waals surface area contributed by atoms with Crippen molar-refractivity contribution in [3.8, 4) is 0 Å². The van der Waals surface area contributed by atoms with Gasteiger partial charge in [0.25, 0.3) is 0 Å². The Bertz CT molecular complexity index is 1120. The van der Waals surface area contributed by atoms with Gasteiger partial charge in [0, 0.05) is 51.4 Å². The van der Waals surface area contributed by atoms with Crippen molar-refractivity contribution in [1.29, 1.82) is 0 Å². The summed E-state index contributed by atoms with van der Waals surface area (Å²) >= 11 is 0. The van der Waals surface area contributed by atoms with E-state index in [2.05, 4.69) is 10.6 Å². The van der Waals surface area contributed by atoms with E-state index in [9.17, 15) is 31.2 Å². The van der Waals surface area contributed by atoms with Gasteiger partial charge in [-0.2, -0.15) is 17.5 Å². The first kappa shape index (κ1) is 25.8. The van der Waals surface area contributed by atoms with Gasteiger partial charge in [-0.3, -0.25) is 9.59 Å². The highest BCUT2D eigenvalue weighted by molar-refractivity contribution is 7.89. The fourth-order valence-electron chi connectivity index (χ4n) is 3.88. The Morgan fingerprint density at radius 1 is 1.12 bits per heavy atom. The minimum absolute atomic E-state index is 0.108. The number of amides is 2. The van der Waals surface area contributed by atoms with Crippen LogP contribution < -0.4 is 10.6 Å². The van der Waals surface area contributed by atoms with E-state index in [1.165, 1.54) is 11.2 Å². The largest absolute Gasteiger partial charge is 0.416 e. The third-order valence-electron chi connectivity index (χ3n) is 5.78. The fourth-order valence-corrected chi connectivity index (χ4v) is 5.35. The minimum Gasteiger partial charge on any atom is -0.354 e. The molecule has 1 atom stereocenters. The van der Waals surface area contributed by atoms with Crippen LogP contribution in [0, 0.1) is 0 Å². The predicted octanol–water partition coefficient (Wildman–Crippen LogP) is 2.06. The van der Waals surface area contributed by atoms with Crippen molar-refractivity contribution in [3.05, 3.63) is 53.9 Å². The molecule has 12 heteroatoms. The molecule has 2 N–H and O–H groups in total. The second-order valence-corrected chi connectivity index (χ2v) is 10.2. The highest BCUT2D eigenvalue weighted by atomic mass is 32.2. The van der Waals surface area contributed by atoms with E-state index in [-0.39, 0.29) is 35.8 Å². The molecule has 1 aromatic carbocycles. The van der Waals surface area contributed by atoms with E-state index in [1.807, 2.05) is 29.9 Å². The van der Waals surface area contributed by atoms with Crippen LogP contribution in [0.25, 0.3) is 0 Å². The smallest absolute Gasteiger partial charge is 0.354 e. The molecular formula is C22H27F3N4O4S. The molecule has 0 bridgehead atoms. The lowest BCUT2D eigenvalue weighted by atomic mass is 10.0. The summed E-state index contributed by atoms with van der Waals surface area (Å²) in [4.78, 5) is 24.2. The SMILES string of the molecule is CC(=O)NC(Cc1cccn1C)C(=O)NC1CCN(S(=O)(=O)c2ccc(C(F)(F)F)cc2)CC1. The molecular weight excluding hydrogens is 473 g/mol. The number of hydrogen-bond donors (Lipinski definition) is 2. The Morgan fingerprint density at radius 2 is 1.74 bits per heavy atom. The van der Waals surface area contributed by atoms with Crippen LogP contribution >= 0.6 is 0 Å². The van der Waals surface area contributed by atoms with E-state index in [0.717, 1.165) is 30.0 Å². The van der Waals surface area contributed by atoms with Crippen LogP contribution in [0.4, 0.5) is 13.2 Å². The number of aryl methyl sites for hydroxylation is 1. The summed E-state index contributed by atoms with van der Waals surface area (Å²) in [6.45, 7) is 1.55. The molecule has 186 valence electrons. The van der Waals surface area contributed by atoms with Gasteiger partial charge in [0.05, 0.1) is 10.5 Å². The molecule has 0 spiro atoms. The zero-order valence-corrected chi connectivity index (χ0v) is 19.6. The molecule has 0 saturated carbocycles. The summed E-state index contributed by atoms with van der Waals surface area (Å²) in [5.74, 6) is -0.702. The molecule has 1 aliphatic rings. The van der Waals surface area contributed by atoms with Gasteiger partial charge in [-0.05, 0) is 49.2 Å². The van der Waals surface area contributed by atoms with Gasteiger partial charge in [-0.1, -0.05) is 0 Å². The Balaban J connectivity index is 1.60. The van der Waals surface area contributed by atoms with Crippen molar-refractivity contribution in [3.63, 3.8) is 0 Å². The molecule has 2 heterocycles. The van der Waals surface area contributed by atoms with Gasteiger partial charge in [0.15, 0.2) is 0 Å². The first-order valence-electron chi connectivity index (χ1n) is 10.7. The van der Waals surface area contributed by atoms with E-state index >= 15 is 0 Å². The first-order valence-corrected chi connectivity index (χ1v) is 12.2. The van der Waals surface area contributed by atoms with Crippen LogP contribution in [0.5, 0.6) is 0 Å². The number of nitrogens with one attached hydrogen (secondary N) is 2. The summed E-state index contributed by atoms with van der Waals surface area (Å²) in [7, 11) is -2.12. The average Bonchev–Trinajstić information content (AvgIpc) is 3.17. The first-order chi connectivity index (χ1) is 15.9. The Labute approximate surface area is 196 Å². The van der Waals surface area contributed by atoms with Gasteiger partial charge >= 0.3 is 6.18 Å². The zero-order chi connectivity index (χ0) is 25.1. The van der Waals surface area contributed by atoms with Crippen LogP contribution in [0.2, 0.25) is 0 Å². The molecule has 1 unspecified atom stereocenters. The van der Waals surface area contributed by atoms with Gasteiger partial charge in [-0.15, -0.1) is 0 Å². The summed E-state index contributed by atoms with van der Waals surface area (Å²) in [6.07, 6.45) is -1.74.